The molecule has 0 unspecified atom stereocenters. The highest BCUT2D eigenvalue weighted by Crippen LogP contribution is 2.28. The Hall–Kier alpha value is -0.850. The quantitative estimate of drug-likeness (QED) is 0.591. The van der Waals surface area contributed by atoms with Crippen molar-refractivity contribution in [1.82, 2.24) is 0 Å². The maximum Gasteiger partial charge on any atom is 0.158 e. The molecule has 2 atom stereocenters. The number of hydrogen-bond donors (Lipinski definition) is 0. The van der Waals surface area contributed by atoms with Crippen LogP contribution in [0.2, 0.25) is 0 Å². The fourth-order valence-electron chi connectivity index (χ4n) is 2.26. The number of carbonyl (C=O) groups excluding carboxylic acids is 1. The van der Waals surface area contributed by atoms with Crippen LogP contribution in [-0.2, 0) is 4.79 Å². The number of hydrogen-bond acceptors (Lipinski definition) is 1. The van der Waals surface area contributed by atoms with Crippen molar-refractivity contribution in [3.63, 3.8) is 0 Å². The third-order valence-corrected chi connectivity index (χ3v) is 3.05. The van der Waals surface area contributed by atoms with Gasteiger partial charge in [0.05, 0.1) is 0 Å². The second kappa shape index (κ2) is 3.91. The zero-order chi connectivity index (χ0) is 9.10. The fraction of sp³-hybridized carbons (Fsp3) is 0.583. The Labute approximate surface area is 79.5 Å². The van der Waals surface area contributed by atoms with E-state index < -0.39 is 0 Å². The van der Waals surface area contributed by atoms with E-state index in [1.165, 1.54) is 19.3 Å². The Balaban J connectivity index is 1.87. The van der Waals surface area contributed by atoms with Crippen LogP contribution in [-0.4, -0.2) is 5.78 Å². The van der Waals surface area contributed by atoms with E-state index in [0.717, 1.165) is 12.8 Å². The molecule has 2 aliphatic carbocycles. The normalized spacial score (nSPS) is 32.8. The number of carbonyl (C=O) groups is 1. The van der Waals surface area contributed by atoms with Crippen molar-refractivity contribution in [3.8, 4) is 0 Å². The summed E-state index contributed by atoms with van der Waals surface area (Å²) in [5.41, 5.74) is 0. The van der Waals surface area contributed by atoms with Crippen molar-refractivity contribution in [2.45, 2.75) is 32.1 Å². The first-order valence-corrected chi connectivity index (χ1v) is 5.23. The molecule has 0 fully saturated rings. The van der Waals surface area contributed by atoms with E-state index in [9.17, 15) is 4.79 Å². The minimum Gasteiger partial charge on any atom is -0.295 e. The first-order valence-electron chi connectivity index (χ1n) is 5.23. The van der Waals surface area contributed by atoms with Crippen molar-refractivity contribution < 1.29 is 4.79 Å². The van der Waals surface area contributed by atoms with Crippen LogP contribution in [0.4, 0.5) is 0 Å². The van der Waals surface area contributed by atoms with Gasteiger partial charge in [-0.05, 0) is 44.1 Å². The van der Waals surface area contributed by atoms with Crippen LogP contribution in [0.5, 0.6) is 0 Å². The Morgan fingerprint density at radius 1 is 1.38 bits per heavy atom. The van der Waals surface area contributed by atoms with Crippen molar-refractivity contribution in [2.24, 2.45) is 11.8 Å². The Bertz CT molecular complexity index is 250. The van der Waals surface area contributed by atoms with Gasteiger partial charge in [-0.25, -0.2) is 0 Å². The molecule has 0 aromatic heterocycles. The highest BCUT2D eigenvalue weighted by molar-refractivity contribution is 5.94. The van der Waals surface area contributed by atoms with E-state index in [1.807, 2.05) is 6.08 Å². The van der Waals surface area contributed by atoms with Gasteiger partial charge in [-0.15, -0.1) is 0 Å². The molecule has 1 nitrogen and oxygen atoms in total. The fourth-order valence-corrected chi connectivity index (χ4v) is 2.26. The maximum atomic E-state index is 11.3. The van der Waals surface area contributed by atoms with E-state index in [1.54, 1.807) is 6.08 Å². The van der Waals surface area contributed by atoms with E-state index in [4.69, 9.17) is 0 Å². The highest BCUT2D eigenvalue weighted by atomic mass is 16.1. The van der Waals surface area contributed by atoms with Gasteiger partial charge in [-0.1, -0.05) is 18.2 Å². The molecule has 70 valence electrons. The lowest BCUT2D eigenvalue weighted by Gasteiger charge is -2.18. The summed E-state index contributed by atoms with van der Waals surface area (Å²) in [5.74, 6) is 1.31. The van der Waals surface area contributed by atoms with Crippen molar-refractivity contribution in [1.29, 1.82) is 0 Å². The lowest BCUT2D eigenvalue weighted by atomic mass is 9.86. The van der Waals surface area contributed by atoms with Crippen molar-refractivity contribution in [3.05, 3.63) is 24.3 Å². The van der Waals surface area contributed by atoms with Crippen LogP contribution >= 0.6 is 0 Å². The summed E-state index contributed by atoms with van der Waals surface area (Å²) < 4.78 is 0. The molecule has 0 aromatic rings. The molecule has 0 aromatic carbocycles. The smallest absolute Gasteiger partial charge is 0.158 e. The standard InChI is InChI=1S/C12H16O/c13-12-8-4-7-11(12)9-10-5-2-1-3-6-10/h2,4-5,8,10-11H,1,3,6-7,9H2/t10-,11+/m0/s1. The first kappa shape index (κ1) is 8.74. The molecule has 0 saturated carbocycles. The minimum absolute atomic E-state index is 0.299. The Morgan fingerprint density at radius 2 is 2.31 bits per heavy atom. The maximum absolute atomic E-state index is 11.3. The van der Waals surface area contributed by atoms with Gasteiger partial charge in [-0.3, -0.25) is 4.79 Å². The SMILES string of the molecule is O=C1C=CC[C@@H]1C[C@H]1C=CCCC1. The summed E-state index contributed by atoms with van der Waals surface area (Å²) >= 11 is 0. The summed E-state index contributed by atoms with van der Waals surface area (Å²) in [5, 5.41) is 0. The summed E-state index contributed by atoms with van der Waals surface area (Å²) in [4.78, 5) is 11.3. The van der Waals surface area contributed by atoms with Crippen LogP contribution in [0.25, 0.3) is 0 Å². The topological polar surface area (TPSA) is 17.1 Å². The predicted octanol–water partition coefficient (Wildman–Crippen LogP) is 2.88. The lowest BCUT2D eigenvalue weighted by molar-refractivity contribution is -0.117. The van der Waals surface area contributed by atoms with Gasteiger partial charge in [0.1, 0.15) is 0 Å². The Kier molecular flexibility index (Phi) is 2.62. The molecule has 0 aliphatic heterocycles. The third kappa shape index (κ3) is 2.09. The highest BCUT2D eigenvalue weighted by Gasteiger charge is 2.22. The average molecular weight is 176 g/mol. The van der Waals surface area contributed by atoms with E-state index in [-0.39, 0.29) is 0 Å². The molecule has 0 N–H and O–H groups in total. The second-order valence-corrected chi connectivity index (χ2v) is 4.09. The summed E-state index contributed by atoms with van der Waals surface area (Å²) in [6, 6.07) is 0. The summed E-state index contributed by atoms with van der Waals surface area (Å²) in [6.07, 6.45) is 14.2. The van der Waals surface area contributed by atoms with Gasteiger partial charge < -0.3 is 0 Å². The molecule has 0 heterocycles. The number of ketones is 1. The number of allylic oxidation sites excluding steroid dienone is 4. The first-order chi connectivity index (χ1) is 6.36. The van der Waals surface area contributed by atoms with E-state index in [0.29, 0.717) is 17.6 Å². The van der Waals surface area contributed by atoms with E-state index in [2.05, 4.69) is 12.2 Å². The zero-order valence-corrected chi connectivity index (χ0v) is 7.91. The molecule has 0 amide bonds. The molecule has 0 bridgehead atoms. The minimum atomic E-state index is 0.299. The molecule has 0 radical (unpaired) electrons. The van der Waals surface area contributed by atoms with Crippen LogP contribution in [0.15, 0.2) is 24.3 Å². The average Bonchev–Trinajstić information content (AvgIpc) is 2.54. The zero-order valence-electron chi connectivity index (χ0n) is 7.91. The lowest BCUT2D eigenvalue weighted by Crippen LogP contribution is -2.13. The van der Waals surface area contributed by atoms with Crippen LogP contribution in [0.1, 0.15) is 32.1 Å². The number of rotatable bonds is 2. The van der Waals surface area contributed by atoms with E-state index >= 15 is 0 Å². The molecule has 1 heteroatoms. The van der Waals surface area contributed by atoms with Crippen LogP contribution in [0, 0.1) is 11.8 Å². The largest absolute Gasteiger partial charge is 0.295 e. The molecule has 2 rings (SSSR count). The molecule has 13 heavy (non-hydrogen) atoms. The van der Waals surface area contributed by atoms with Gasteiger partial charge in [0, 0.05) is 5.92 Å². The van der Waals surface area contributed by atoms with Crippen molar-refractivity contribution >= 4 is 5.78 Å². The van der Waals surface area contributed by atoms with Gasteiger partial charge in [0.15, 0.2) is 5.78 Å². The molecule has 0 spiro atoms. The molecular weight excluding hydrogens is 160 g/mol. The monoisotopic (exact) mass is 176 g/mol. The molecular formula is C12H16O. The Morgan fingerprint density at radius 3 is 2.92 bits per heavy atom. The second-order valence-electron chi connectivity index (χ2n) is 4.09. The molecule has 0 saturated heterocycles. The van der Waals surface area contributed by atoms with Gasteiger partial charge >= 0.3 is 0 Å². The summed E-state index contributed by atoms with van der Waals surface area (Å²) in [7, 11) is 0. The predicted molar refractivity (Wildman–Crippen MR) is 53.4 cm³/mol. The summed E-state index contributed by atoms with van der Waals surface area (Å²) in [6.45, 7) is 0. The van der Waals surface area contributed by atoms with Crippen molar-refractivity contribution in [2.75, 3.05) is 0 Å². The van der Waals surface area contributed by atoms with Gasteiger partial charge in [-0.2, -0.15) is 0 Å². The van der Waals surface area contributed by atoms with Gasteiger partial charge in [0.2, 0.25) is 0 Å². The van der Waals surface area contributed by atoms with Crippen LogP contribution < -0.4 is 0 Å². The third-order valence-electron chi connectivity index (χ3n) is 3.05. The van der Waals surface area contributed by atoms with Crippen LogP contribution in [0.3, 0.4) is 0 Å². The van der Waals surface area contributed by atoms with Gasteiger partial charge in [0.25, 0.3) is 0 Å². The molecule has 2 aliphatic rings.